The second kappa shape index (κ2) is 7.35. The normalized spacial score (nSPS) is 12.1. The summed E-state index contributed by atoms with van der Waals surface area (Å²) in [6.07, 6.45) is 6.57. The summed E-state index contributed by atoms with van der Waals surface area (Å²) in [5.74, 6) is 0.955. The lowest BCUT2D eigenvalue weighted by atomic mass is 10.0. The first-order valence-electron chi connectivity index (χ1n) is 8.38. The van der Waals surface area contributed by atoms with E-state index in [1.165, 1.54) is 22.3 Å². The van der Waals surface area contributed by atoms with Gasteiger partial charge in [0.05, 0.1) is 6.33 Å². The molecular formula is C21H24N2O. The van der Waals surface area contributed by atoms with Gasteiger partial charge in [0.1, 0.15) is 11.9 Å². The van der Waals surface area contributed by atoms with Crippen molar-refractivity contribution < 1.29 is 4.74 Å². The molecule has 0 spiro atoms. The van der Waals surface area contributed by atoms with Crippen LogP contribution in [-0.4, -0.2) is 9.55 Å². The fourth-order valence-corrected chi connectivity index (χ4v) is 2.84. The van der Waals surface area contributed by atoms with Crippen LogP contribution in [0.2, 0.25) is 0 Å². The quantitative estimate of drug-likeness (QED) is 0.638. The molecule has 0 aliphatic heterocycles. The predicted octanol–water partition coefficient (Wildman–Crippen LogP) is 5.02. The number of nitrogens with zero attached hydrogens (tertiary/aromatic N) is 2. The largest absolute Gasteiger partial charge is 0.485 e. The molecule has 0 aliphatic carbocycles. The summed E-state index contributed by atoms with van der Waals surface area (Å²) in [4.78, 5) is 4.11. The molecule has 0 unspecified atom stereocenters. The average Bonchev–Trinajstić information content (AvgIpc) is 3.08. The van der Waals surface area contributed by atoms with E-state index in [0.717, 1.165) is 18.7 Å². The van der Waals surface area contributed by atoms with Gasteiger partial charge in [0.25, 0.3) is 0 Å². The minimum Gasteiger partial charge on any atom is -0.485 e. The highest BCUT2D eigenvalue weighted by Gasteiger charge is 2.15. The topological polar surface area (TPSA) is 27.1 Å². The highest BCUT2D eigenvalue weighted by Crippen LogP contribution is 2.28. The number of hydrogen-bond acceptors (Lipinski definition) is 2. The Bertz CT molecular complexity index is 776. The fourth-order valence-electron chi connectivity index (χ4n) is 2.84. The third kappa shape index (κ3) is 4.05. The number of hydrogen-bond donors (Lipinski definition) is 0. The maximum atomic E-state index is 6.39. The van der Waals surface area contributed by atoms with E-state index in [2.05, 4.69) is 72.8 Å². The van der Waals surface area contributed by atoms with Gasteiger partial charge in [0.15, 0.2) is 0 Å². The van der Waals surface area contributed by atoms with Crippen molar-refractivity contribution in [1.82, 2.24) is 9.55 Å². The van der Waals surface area contributed by atoms with E-state index in [-0.39, 0.29) is 6.10 Å². The molecule has 0 amide bonds. The van der Waals surface area contributed by atoms with Gasteiger partial charge in [0.2, 0.25) is 0 Å². The van der Waals surface area contributed by atoms with E-state index in [0.29, 0.717) is 0 Å². The van der Waals surface area contributed by atoms with Gasteiger partial charge in [-0.15, -0.1) is 0 Å². The molecule has 3 heteroatoms. The Kier molecular flexibility index (Phi) is 4.99. The molecule has 1 heterocycles. The van der Waals surface area contributed by atoms with E-state index < -0.39 is 0 Å². The van der Waals surface area contributed by atoms with Crippen LogP contribution in [0.3, 0.4) is 0 Å². The Balaban J connectivity index is 1.81. The van der Waals surface area contributed by atoms with Crippen molar-refractivity contribution in [3.63, 3.8) is 0 Å². The first-order valence-corrected chi connectivity index (χ1v) is 8.38. The third-order valence-electron chi connectivity index (χ3n) is 4.26. The summed E-state index contributed by atoms with van der Waals surface area (Å²) in [7, 11) is 0. The van der Waals surface area contributed by atoms with Crippen molar-refractivity contribution >= 4 is 0 Å². The van der Waals surface area contributed by atoms with Gasteiger partial charge >= 0.3 is 0 Å². The van der Waals surface area contributed by atoms with Gasteiger partial charge in [-0.05, 0) is 38.0 Å². The molecular weight excluding hydrogens is 296 g/mol. The lowest BCUT2D eigenvalue weighted by Gasteiger charge is -2.21. The Morgan fingerprint density at radius 3 is 2.42 bits per heavy atom. The highest BCUT2D eigenvalue weighted by molar-refractivity contribution is 5.36. The van der Waals surface area contributed by atoms with Gasteiger partial charge < -0.3 is 9.30 Å². The van der Waals surface area contributed by atoms with Crippen LogP contribution >= 0.6 is 0 Å². The molecule has 0 aliphatic rings. The number of ether oxygens (including phenoxy) is 1. The van der Waals surface area contributed by atoms with Crippen LogP contribution in [0.1, 0.15) is 34.8 Å². The number of imidazole rings is 1. The lowest BCUT2D eigenvalue weighted by molar-refractivity contribution is 0.186. The first-order chi connectivity index (χ1) is 11.6. The van der Waals surface area contributed by atoms with Crippen LogP contribution in [0.15, 0.2) is 61.2 Å². The Morgan fingerprint density at radius 2 is 1.75 bits per heavy atom. The summed E-state index contributed by atoms with van der Waals surface area (Å²) in [6.45, 7) is 7.19. The number of aryl methyl sites for hydroxylation is 4. The Morgan fingerprint density at radius 1 is 1.00 bits per heavy atom. The maximum absolute atomic E-state index is 6.39. The van der Waals surface area contributed by atoms with E-state index >= 15 is 0 Å². The van der Waals surface area contributed by atoms with Crippen molar-refractivity contribution in [1.29, 1.82) is 0 Å². The second-order valence-corrected chi connectivity index (χ2v) is 6.38. The van der Waals surface area contributed by atoms with E-state index in [4.69, 9.17) is 4.74 Å². The molecule has 0 bridgehead atoms. The predicted molar refractivity (Wildman–Crippen MR) is 97.3 cm³/mol. The number of aromatic nitrogens is 2. The zero-order chi connectivity index (χ0) is 16.9. The molecule has 0 fully saturated rings. The zero-order valence-electron chi connectivity index (χ0n) is 14.6. The molecule has 1 aromatic heterocycles. The van der Waals surface area contributed by atoms with E-state index in [1.807, 2.05) is 18.7 Å². The standard InChI is InChI=1S/C21H24N2O/c1-16-4-7-19(8-5-16)21(10-12-23-13-11-22-15-23)24-20-9-6-17(2)14-18(20)3/h4-9,11,13-15,21H,10,12H2,1-3H3/t21-/m1/s1. The lowest BCUT2D eigenvalue weighted by Crippen LogP contribution is -2.11. The first kappa shape index (κ1) is 16.3. The molecule has 24 heavy (non-hydrogen) atoms. The van der Waals surface area contributed by atoms with Crippen molar-refractivity contribution in [2.24, 2.45) is 0 Å². The van der Waals surface area contributed by atoms with Gasteiger partial charge in [-0.2, -0.15) is 0 Å². The van der Waals surface area contributed by atoms with Gasteiger partial charge in [-0.1, -0.05) is 47.5 Å². The van der Waals surface area contributed by atoms with Crippen LogP contribution < -0.4 is 4.74 Å². The molecule has 124 valence electrons. The molecule has 0 N–H and O–H groups in total. The number of rotatable bonds is 6. The van der Waals surface area contributed by atoms with Crippen molar-refractivity contribution in [3.05, 3.63) is 83.4 Å². The molecule has 2 aromatic carbocycles. The van der Waals surface area contributed by atoms with Crippen LogP contribution in [0, 0.1) is 20.8 Å². The van der Waals surface area contributed by atoms with Crippen LogP contribution in [0.25, 0.3) is 0 Å². The summed E-state index contributed by atoms with van der Waals surface area (Å²) >= 11 is 0. The monoisotopic (exact) mass is 320 g/mol. The Hall–Kier alpha value is -2.55. The Labute approximate surface area is 143 Å². The zero-order valence-corrected chi connectivity index (χ0v) is 14.6. The molecule has 1 atom stereocenters. The van der Waals surface area contributed by atoms with Crippen molar-refractivity contribution in [2.45, 2.75) is 39.8 Å². The molecule has 3 rings (SSSR count). The summed E-state index contributed by atoms with van der Waals surface area (Å²) < 4.78 is 8.48. The van der Waals surface area contributed by atoms with Crippen LogP contribution in [0.4, 0.5) is 0 Å². The number of benzene rings is 2. The molecule has 0 saturated carbocycles. The van der Waals surface area contributed by atoms with Crippen LogP contribution in [0.5, 0.6) is 5.75 Å². The minimum atomic E-state index is 0.0226. The highest BCUT2D eigenvalue weighted by atomic mass is 16.5. The smallest absolute Gasteiger partial charge is 0.125 e. The molecule has 0 saturated heterocycles. The maximum Gasteiger partial charge on any atom is 0.125 e. The van der Waals surface area contributed by atoms with E-state index in [9.17, 15) is 0 Å². The summed E-state index contributed by atoms with van der Waals surface area (Å²) in [5.41, 5.74) is 4.90. The fraction of sp³-hybridized carbons (Fsp3) is 0.286. The summed E-state index contributed by atoms with van der Waals surface area (Å²) in [6, 6.07) is 15.0. The van der Waals surface area contributed by atoms with Gasteiger partial charge in [-0.25, -0.2) is 4.98 Å². The second-order valence-electron chi connectivity index (χ2n) is 6.38. The molecule has 3 nitrogen and oxygen atoms in total. The SMILES string of the molecule is Cc1ccc([C@@H](CCn2ccnc2)Oc2ccc(C)cc2C)cc1. The van der Waals surface area contributed by atoms with Gasteiger partial charge in [-0.3, -0.25) is 0 Å². The minimum absolute atomic E-state index is 0.0226. The summed E-state index contributed by atoms with van der Waals surface area (Å²) in [5, 5.41) is 0. The van der Waals surface area contributed by atoms with Crippen molar-refractivity contribution in [3.8, 4) is 5.75 Å². The van der Waals surface area contributed by atoms with Crippen LogP contribution in [-0.2, 0) is 6.54 Å². The average molecular weight is 320 g/mol. The molecule has 0 radical (unpaired) electrons. The van der Waals surface area contributed by atoms with E-state index in [1.54, 1.807) is 0 Å². The third-order valence-corrected chi connectivity index (χ3v) is 4.26. The molecule has 3 aromatic rings. The van der Waals surface area contributed by atoms with Crippen molar-refractivity contribution in [2.75, 3.05) is 0 Å². The van der Waals surface area contributed by atoms with Gasteiger partial charge in [0, 0.05) is 25.4 Å².